The van der Waals surface area contributed by atoms with Crippen LogP contribution in [0.15, 0.2) is 71.6 Å². The van der Waals surface area contributed by atoms with Crippen molar-refractivity contribution in [3.63, 3.8) is 0 Å². The Bertz CT molecular complexity index is 1360. The zero-order valence-corrected chi connectivity index (χ0v) is 18.9. The van der Waals surface area contributed by atoms with Gasteiger partial charge in [0.2, 0.25) is 10.0 Å². The van der Waals surface area contributed by atoms with Gasteiger partial charge in [0, 0.05) is 36.3 Å². The molecule has 1 N–H and O–H groups in total. The van der Waals surface area contributed by atoms with Crippen molar-refractivity contribution in [3.8, 4) is 11.1 Å². The van der Waals surface area contributed by atoms with E-state index >= 15 is 0 Å². The Balaban J connectivity index is 1.35. The maximum Gasteiger partial charge on any atom is 0.251 e. The van der Waals surface area contributed by atoms with Gasteiger partial charge in [0.25, 0.3) is 5.91 Å². The molecule has 0 radical (unpaired) electrons. The van der Waals surface area contributed by atoms with Crippen LogP contribution in [0.3, 0.4) is 0 Å². The van der Waals surface area contributed by atoms with Crippen LogP contribution in [0.4, 0.5) is 0 Å². The largest absolute Gasteiger partial charge is 0.348 e. The van der Waals surface area contributed by atoms with Crippen molar-refractivity contribution >= 4 is 21.7 Å². The molecule has 7 heteroatoms. The third-order valence-corrected chi connectivity index (χ3v) is 8.33. The summed E-state index contributed by atoms with van der Waals surface area (Å²) in [7, 11) is -3.61. The summed E-state index contributed by atoms with van der Waals surface area (Å²) in [6, 6.07) is 19.3. The molecule has 1 aliphatic carbocycles. The zero-order chi connectivity index (χ0) is 23.0. The number of amides is 1. The number of fused-ring (bicyclic) bond motifs is 3. The monoisotopic (exact) mass is 460 g/mol. The van der Waals surface area contributed by atoms with Crippen molar-refractivity contribution in [2.24, 2.45) is 0 Å². The number of nitrogens with one attached hydrogen (secondary N) is 1. The van der Waals surface area contributed by atoms with Crippen LogP contribution in [0.1, 0.15) is 51.1 Å². The van der Waals surface area contributed by atoms with E-state index in [2.05, 4.69) is 5.32 Å². The summed E-state index contributed by atoms with van der Waals surface area (Å²) in [6.07, 6.45) is 2.76. The van der Waals surface area contributed by atoms with Crippen LogP contribution in [0, 0.1) is 0 Å². The summed E-state index contributed by atoms with van der Waals surface area (Å²) in [5.74, 6) is -0.444. The number of hydrogen-bond acceptors (Lipinski definition) is 4. The molecule has 3 aromatic rings. The molecule has 0 bridgehead atoms. The molecular formula is C26H24N2O4S. The molecule has 1 amide bonds. The first-order chi connectivity index (χ1) is 16.0. The summed E-state index contributed by atoms with van der Waals surface area (Å²) in [6.45, 7) is 1.12. The van der Waals surface area contributed by atoms with Gasteiger partial charge in [-0.05, 0) is 47.7 Å². The van der Waals surface area contributed by atoms with Gasteiger partial charge in [-0.1, -0.05) is 55.0 Å². The number of carbonyl (C=O) groups is 2. The van der Waals surface area contributed by atoms with E-state index in [0.29, 0.717) is 35.3 Å². The van der Waals surface area contributed by atoms with Crippen molar-refractivity contribution in [2.45, 2.75) is 30.7 Å². The quantitative estimate of drug-likeness (QED) is 0.488. The maximum atomic E-state index is 13.2. The smallest absolute Gasteiger partial charge is 0.251 e. The van der Waals surface area contributed by atoms with Gasteiger partial charge in [-0.2, -0.15) is 4.31 Å². The normalized spacial score (nSPS) is 15.7. The number of hydrogen-bond donors (Lipinski definition) is 1. The molecule has 1 saturated heterocycles. The van der Waals surface area contributed by atoms with Gasteiger partial charge in [-0.15, -0.1) is 0 Å². The fraction of sp³-hybridized carbons (Fsp3) is 0.231. The van der Waals surface area contributed by atoms with E-state index in [1.807, 2.05) is 18.2 Å². The molecule has 168 valence electrons. The van der Waals surface area contributed by atoms with Gasteiger partial charge in [-0.3, -0.25) is 9.59 Å². The molecule has 0 unspecified atom stereocenters. The van der Waals surface area contributed by atoms with Gasteiger partial charge in [-0.25, -0.2) is 8.42 Å². The summed E-state index contributed by atoms with van der Waals surface area (Å²) in [5.41, 5.74) is 3.76. The molecule has 3 aromatic carbocycles. The Morgan fingerprint density at radius 1 is 0.818 bits per heavy atom. The standard InChI is InChI=1S/C26H24N2O4S/c29-25-22-10-4-3-9-20(22)21-13-12-18(16-23(21)25)26(30)27-17-19-8-2-5-11-24(19)33(31,32)28-14-6-1-7-15-28/h2-5,8-13,16H,1,6-7,14-15,17H2,(H,27,30). The zero-order valence-electron chi connectivity index (χ0n) is 18.1. The Morgan fingerprint density at radius 2 is 1.48 bits per heavy atom. The van der Waals surface area contributed by atoms with E-state index in [4.69, 9.17) is 0 Å². The number of ketones is 1. The highest BCUT2D eigenvalue weighted by atomic mass is 32.2. The highest BCUT2D eigenvalue weighted by Gasteiger charge is 2.29. The lowest BCUT2D eigenvalue weighted by Gasteiger charge is -2.26. The van der Waals surface area contributed by atoms with Crippen LogP contribution < -0.4 is 5.32 Å². The average Bonchev–Trinajstić information content (AvgIpc) is 3.15. The van der Waals surface area contributed by atoms with Crippen LogP contribution in [0.2, 0.25) is 0 Å². The molecule has 2 aliphatic rings. The van der Waals surface area contributed by atoms with Crippen LogP contribution in [-0.2, 0) is 16.6 Å². The second-order valence-electron chi connectivity index (χ2n) is 8.39. The predicted octanol–water partition coefficient (Wildman–Crippen LogP) is 4.00. The molecule has 0 spiro atoms. The van der Waals surface area contributed by atoms with Crippen LogP contribution in [-0.4, -0.2) is 37.5 Å². The molecule has 0 aromatic heterocycles. The first-order valence-electron chi connectivity index (χ1n) is 11.1. The summed E-state index contributed by atoms with van der Waals surface area (Å²) < 4.78 is 27.9. The Hall–Kier alpha value is -3.29. The molecule has 0 atom stereocenters. The first kappa shape index (κ1) is 21.6. The lowest BCUT2D eigenvalue weighted by Crippen LogP contribution is -2.36. The van der Waals surface area contributed by atoms with Crippen LogP contribution in [0.5, 0.6) is 0 Å². The van der Waals surface area contributed by atoms with E-state index in [1.54, 1.807) is 48.5 Å². The number of piperidine rings is 1. The highest BCUT2D eigenvalue weighted by Crippen LogP contribution is 2.36. The van der Waals surface area contributed by atoms with E-state index in [1.165, 1.54) is 4.31 Å². The highest BCUT2D eigenvalue weighted by molar-refractivity contribution is 7.89. The fourth-order valence-corrected chi connectivity index (χ4v) is 6.33. The Kier molecular flexibility index (Phi) is 5.60. The van der Waals surface area contributed by atoms with Crippen LogP contribution in [0.25, 0.3) is 11.1 Å². The van der Waals surface area contributed by atoms with Crippen molar-refractivity contribution in [3.05, 3.63) is 89.0 Å². The predicted molar refractivity (Wildman–Crippen MR) is 126 cm³/mol. The third-order valence-electron chi connectivity index (χ3n) is 6.33. The van der Waals surface area contributed by atoms with Crippen molar-refractivity contribution in [1.82, 2.24) is 9.62 Å². The van der Waals surface area contributed by atoms with E-state index < -0.39 is 10.0 Å². The molecule has 5 rings (SSSR count). The van der Waals surface area contributed by atoms with E-state index in [-0.39, 0.29) is 23.1 Å². The van der Waals surface area contributed by atoms with Gasteiger partial charge in [0.1, 0.15) is 0 Å². The Labute approximate surface area is 193 Å². The third kappa shape index (κ3) is 3.87. The summed E-state index contributed by atoms with van der Waals surface area (Å²) in [5, 5.41) is 2.82. The molecule has 1 aliphatic heterocycles. The fourth-order valence-electron chi connectivity index (χ4n) is 4.59. The SMILES string of the molecule is O=C(NCc1ccccc1S(=O)(=O)N1CCCCC1)c1ccc2c(c1)C(=O)c1ccccc1-2. The number of nitrogens with zero attached hydrogens (tertiary/aromatic N) is 1. The van der Waals surface area contributed by atoms with Crippen molar-refractivity contribution in [1.29, 1.82) is 0 Å². The minimum atomic E-state index is -3.61. The van der Waals surface area contributed by atoms with Gasteiger partial charge in [0.05, 0.1) is 4.90 Å². The van der Waals surface area contributed by atoms with Gasteiger partial charge >= 0.3 is 0 Å². The molecule has 1 heterocycles. The lowest BCUT2D eigenvalue weighted by molar-refractivity contribution is 0.0950. The number of sulfonamides is 1. The molecule has 6 nitrogen and oxygen atoms in total. The van der Waals surface area contributed by atoms with Gasteiger partial charge in [0.15, 0.2) is 5.78 Å². The lowest BCUT2D eigenvalue weighted by atomic mass is 10.0. The van der Waals surface area contributed by atoms with E-state index in [9.17, 15) is 18.0 Å². The maximum absolute atomic E-state index is 13.2. The minimum Gasteiger partial charge on any atom is -0.348 e. The molecule has 33 heavy (non-hydrogen) atoms. The first-order valence-corrected chi connectivity index (χ1v) is 12.6. The number of rotatable bonds is 5. The number of carbonyl (C=O) groups excluding carboxylic acids is 2. The molecule has 1 fully saturated rings. The van der Waals surface area contributed by atoms with Crippen molar-refractivity contribution < 1.29 is 18.0 Å². The van der Waals surface area contributed by atoms with Crippen LogP contribution >= 0.6 is 0 Å². The second kappa shape index (κ2) is 8.57. The molecule has 0 saturated carbocycles. The summed E-state index contributed by atoms with van der Waals surface area (Å²) >= 11 is 0. The number of benzene rings is 3. The van der Waals surface area contributed by atoms with E-state index in [0.717, 1.165) is 30.4 Å². The van der Waals surface area contributed by atoms with Gasteiger partial charge < -0.3 is 5.32 Å². The topological polar surface area (TPSA) is 83.6 Å². The van der Waals surface area contributed by atoms with Crippen molar-refractivity contribution in [2.75, 3.05) is 13.1 Å². The Morgan fingerprint density at radius 3 is 2.27 bits per heavy atom. The minimum absolute atomic E-state index is 0.0767. The summed E-state index contributed by atoms with van der Waals surface area (Å²) in [4.78, 5) is 25.9. The second-order valence-corrected chi connectivity index (χ2v) is 10.3. The average molecular weight is 461 g/mol. The molecular weight excluding hydrogens is 436 g/mol.